The lowest BCUT2D eigenvalue weighted by molar-refractivity contribution is -0.290. The molecule has 2 heterocycles. The summed E-state index contributed by atoms with van der Waals surface area (Å²) in [5.41, 5.74) is 0.737. The summed E-state index contributed by atoms with van der Waals surface area (Å²) in [5.74, 6) is 0. The Morgan fingerprint density at radius 1 is 0.704 bits per heavy atom. The number of ether oxygens (including phenoxy) is 3. The van der Waals surface area contributed by atoms with E-state index in [4.69, 9.17) is 14.2 Å². The van der Waals surface area contributed by atoms with Gasteiger partial charge in [0.05, 0.1) is 13.2 Å². The first-order valence-corrected chi connectivity index (χ1v) is 9.41. The number of likely N-dealkylation sites (N-methyl/N-ethyl adjacent to an activating group) is 2. The first kappa shape index (κ1) is 18.6. The molecule has 0 N–H and O–H groups in total. The molecule has 0 saturated carbocycles. The van der Waals surface area contributed by atoms with Crippen molar-refractivity contribution in [2.45, 2.75) is 23.7 Å². The highest BCUT2D eigenvalue weighted by atomic mass is 16.7. The smallest absolute Gasteiger partial charge is 0.178 e. The van der Waals surface area contributed by atoms with E-state index in [1.807, 2.05) is 64.6 Å². The van der Waals surface area contributed by atoms with Crippen LogP contribution in [0.25, 0.3) is 0 Å². The van der Waals surface area contributed by atoms with Gasteiger partial charge in [-0.15, -0.1) is 0 Å². The van der Waals surface area contributed by atoms with Crippen LogP contribution in [-0.2, 0) is 25.7 Å². The van der Waals surface area contributed by atoms with Gasteiger partial charge in [0.1, 0.15) is 12.2 Å². The topological polar surface area (TPSA) is 40.8 Å². The molecule has 0 radical (unpaired) electrons. The molecule has 0 aromatic heterocycles. The highest BCUT2D eigenvalue weighted by Crippen LogP contribution is 2.49. The minimum absolute atomic E-state index is 0.0308. The fourth-order valence-corrected chi connectivity index (χ4v) is 4.04. The lowest BCUT2D eigenvalue weighted by Crippen LogP contribution is -2.59. The Morgan fingerprint density at radius 2 is 1.04 bits per heavy atom. The van der Waals surface area contributed by atoms with Crippen LogP contribution in [-0.4, -0.2) is 63.4 Å². The van der Waals surface area contributed by atoms with Crippen molar-refractivity contribution in [1.29, 1.82) is 0 Å². The maximum absolute atomic E-state index is 7.17. The lowest BCUT2D eigenvalue weighted by atomic mass is 9.93. The number of hydrogen-bond acceptors (Lipinski definition) is 5. The highest BCUT2D eigenvalue weighted by molar-refractivity contribution is 5.29. The molecule has 2 aromatic rings. The molecule has 2 saturated heterocycles. The van der Waals surface area contributed by atoms with E-state index in [0.717, 1.165) is 11.1 Å². The zero-order valence-corrected chi connectivity index (χ0v) is 16.5. The van der Waals surface area contributed by atoms with Crippen molar-refractivity contribution >= 4 is 0 Å². The summed E-state index contributed by atoms with van der Waals surface area (Å²) in [4.78, 5) is 4.26. The van der Waals surface area contributed by atoms with Crippen molar-refractivity contribution in [1.82, 2.24) is 9.80 Å². The van der Waals surface area contributed by atoms with Crippen molar-refractivity contribution in [3.8, 4) is 0 Å². The average molecular weight is 368 g/mol. The molecule has 0 amide bonds. The quantitative estimate of drug-likeness (QED) is 0.529. The molecule has 144 valence electrons. The van der Waals surface area contributed by atoms with Crippen LogP contribution in [0.15, 0.2) is 60.7 Å². The second-order valence-electron chi connectivity index (χ2n) is 7.66. The van der Waals surface area contributed by atoms with Crippen LogP contribution < -0.4 is 0 Å². The zero-order valence-electron chi connectivity index (χ0n) is 16.5. The molecule has 0 aliphatic carbocycles. The maximum atomic E-state index is 7.17. The molecule has 2 fully saturated rings. The molecule has 4 atom stereocenters. The van der Waals surface area contributed by atoms with E-state index in [-0.39, 0.29) is 12.2 Å². The molecule has 0 spiro atoms. The van der Waals surface area contributed by atoms with E-state index in [0.29, 0.717) is 13.2 Å². The van der Waals surface area contributed by atoms with Crippen LogP contribution >= 0.6 is 0 Å². The summed E-state index contributed by atoms with van der Waals surface area (Å²) in [6.45, 7) is 1.35. The van der Waals surface area contributed by atoms with E-state index in [1.165, 1.54) is 0 Å². The molecule has 4 unspecified atom stereocenters. The Hall–Kier alpha value is -1.76. The molecule has 2 aromatic carbocycles. The number of rotatable bonds is 8. The van der Waals surface area contributed by atoms with E-state index < -0.39 is 11.4 Å². The van der Waals surface area contributed by atoms with Gasteiger partial charge in [0.2, 0.25) is 0 Å². The van der Waals surface area contributed by atoms with Crippen LogP contribution in [0, 0.1) is 0 Å². The van der Waals surface area contributed by atoms with Crippen molar-refractivity contribution in [2.75, 3.05) is 41.4 Å². The van der Waals surface area contributed by atoms with Gasteiger partial charge in [-0.2, -0.15) is 0 Å². The summed E-state index contributed by atoms with van der Waals surface area (Å²) in [6, 6.07) is 20.7. The third-order valence-corrected chi connectivity index (χ3v) is 5.55. The van der Waals surface area contributed by atoms with Crippen molar-refractivity contribution in [2.24, 2.45) is 0 Å². The number of benzene rings is 2. The van der Waals surface area contributed by atoms with Gasteiger partial charge >= 0.3 is 0 Å². The largest absolute Gasteiger partial charge is 0.368 e. The van der Waals surface area contributed by atoms with Crippen molar-refractivity contribution in [3.05, 3.63) is 71.8 Å². The van der Waals surface area contributed by atoms with Crippen LogP contribution in [0.4, 0.5) is 0 Å². The van der Waals surface area contributed by atoms with Crippen LogP contribution in [0.1, 0.15) is 11.1 Å². The van der Waals surface area contributed by atoms with Crippen LogP contribution in [0.2, 0.25) is 0 Å². The molecule has 5 nitrogen and oxygen atoms in total. The fourth-order valence-electron chi connectivity index (χ4n) is 4.04. The predicted octanol–water partition coefficient (Wildman–Crippen LogP) is 2.63. The SMILES string of the molecule is CN(C)C(OC(c1ccccc1)(C1CO1)N(C)C)(c1ccccc1)C1CO1. The lowest BCUT2D eigenvalue weighted by Gasteiger charge is -2.49. The monoisotopic (exact) mass is 368 g/mol. The predicted molar refractivity (Wildman–Crippen MR) is 104 cm³/mol. The van der Waals surface area contributed by atoms with Crippen molar-refractivity contribution in [3.63, 3.8) is 0 Å². The van der Waals surface area contributed by atoms with Gasteiger partial charge < -0.3 is 14.2 Å². The number of hydrogen-bond donors (Lipinski definition) is 0. The minimum Gasteiger partial charge on any atom is -0.368 e. The van der Waals surface area contributed by atoms with Gasteiger partial charge in [-0.25, -0.2) is 0 Å². The molecular weight excluding hydrogens is 340 g/mol. The summed E-state index contributed by atoms with van der Waals surface area (Å²) >= 11 is 0. The molecular formula is C22H28N2O3. The second-order valence-corrected chi connectivity index (χ2v) is 7.66. The minimum atomic E-state index is -0.715. The van der Waals surface area contributed by atoms with Crippen LogP contribution in [0.3, 0.4) is 0 Å². The molecule has 0 bridgehead atoms. The first-order chi connectivity index (χ1) is 13.0. The molecule has 27 heavy (non-hydrogen) atoms. The molecule has 4 rings (SSSR count). The van der Waals surface area contributed by atoms with E-state index in [9.17, 15) is 0 Å². The zero-order chi connectivity index (χ0) is 19.1. The van der Waals surface area contributed by atoms with Crippen LogP contribution in [0.5, 0.6) is 0 Å². The van der Waals surface area contributed by atoms with Gasteiger partial charge in [0.15, 0.2) is 11.4 Å². The van der Waals surface area contributed by atoms with Gasteiger partial charge in [-0.3, -0.25) is 9.80 Å². The van der Waals surface area contributed by atoms with E-state index in [2.05, 4.69) is 34.1 Å². The number of nitrogens with zero attached hydrogens (tertiary/aromatic N) is 2. The van der Waals surface area contributed by atoms with Crippen molar-refractivity contribution < 1.29 is 14.2 Å². The first-order valence-electron chi connectivity index (χ1n) is 9.41. The molecule has 2 aliphatic heterocycles. The second kappa shape index (κ2) is 7.00. The normalized spacial score (nSPS) is 25.9. The van der Waals surface area contributed by atoms with Gasteiger partial charge in [0.25, 0.3) is 0 Å². The maximum Gasteiger partial charge on any atom is 0.178 e. The summed E-state index contributed by atoms with van der Waals surface area (Å²) in [5, 5.41) is 0. The Morgan fingerprint density at radius 3 is 1.30 bits per heavy atom. The molecule has 2 aliphatic rings. The Labute approximate surface area is 161 Å². The third-order valence-electron chi connectivity index (χ3n) is 5.55. The molecule has 5 heteroatoms. The van der Waals surface area contributed by atoms with E-state index >= 15 is 0 Å². The van der Waals surface area contributed by atoms with Gasteiger partial charge in [0, 0.05) is 11.1 Å². The highest BCUT2D eigenvalue weighted by Gasteiger charge is 2.61. The summed E-state index contributed by atoms with van der Waals surface area (Å²) in [6.07, 6.45) is -0.0617. The average Bonchev–Trinajstić information content (AvgIpc) is 3.57. The summed E-state index contributed by atoms with van der Waals surface area (Å²) in [7, 11) is 8.20. The van der Waals surface area contributed by atoms with Gasteiger partial charge in [-0.1, -0.05) is 60.7 Å². The standard InChI is InChI=1S/C22H28N2O3/c1-23(2)21(19-15-25-19,17-11-7-5-8-12-17)27-22(24(3)4,20-16-26-20)18-13-9-6-10-14-18/h5-14,19-20H,15-16H2,1-4H3. The Bertz CT molecular complexity index is 686. The Kier molecular flexibility index (Phi) is 4.82. The number of epoxide rings is 2. The van der Waals surface area contributed by atoms with E-state index in [1.54, 1.807) is 0 Å². The third kappa shape index (κ3) is 3.10. The fraction of sp³-hybridized carbons (Fsp3) is 0.455. The Balaban J connectivity index is 1.87. The summed E-state index contributed by atoms with van der Waals surface area (Å²) < 4.78 is 18.8. The van der Waals surface area contributed by atoms with Gasteiger partial charge in [-0.05, 0) is 28.2 Å².